The summed E-state index contributed by atoms with van der Waals surface area (Å²) in [6.07, 6.45) is -7.76. The molecule has 0 amide bonds. The topological polar surface area (TPSA) is 191 Å². The van der Waals surface area contributed by atoms with Crippen LogP contribution in [0.5, 0.6) is 28.7 Å². The van der Waals surface area contributed by atoms with Gasteiger partial charge in [0, 0.05) is 45.4 Å². The minimum Gasteiger partial charge on any atom is -0.489 e. The second-order valence-corrected chi connectivity index (χ2v) is 16.8. The Kier molecular flexibility index (Phi) is 16.7. The van der Waals surface area contributed by atoms with Crippen LogP contribution in [0.25, 0.3) is 22.3 Å². The molecule has 0 aliphatic carbocycles. The third-order valence-electron chi connectivity index (χ3n) is 11.2. The largest absolute Gasteiger partial charge is 0.489 e. The maximum Gasteiger partial charge on any atom is 0.303 e. The quantitative estimate of drug-likeness (QED) is 0.0518. The monoisotopic (exact) mass is 992 g/mol. The van der Waals surface area contributed by atoms with Gasteiger partial charge in [0.25, 0.3) is 0 Å². The van der Waals surface area contributed by atoms with E-state index in [4.69, 9.17) is 51.8 Å². The fourth-order valence-corrected chi connectivity index (χ4v) is 7.97. The van der Waals surface area contributed by atoms with Crippen molar-refractivity contribution in [3.05, 3.63) is 184 Å². The summed E-state index contributed by atoms with van der Waals surface area (Å²) in [6, 6.07) is 45.9. The summed E-state index contributed by atoms with van der Waals surface area (Å²) in [4.78, 5) is 65.5. The van der Waals surface area contributed by atoms with E-state index in [2.05, 4.69) is 0 Å². The zero-order valence-electron chi connectivity index (χ0n) is 40.4. The molecule has 5 atom stereocenters. The smallest absolute Gasteiger partial charge is 0.303 e. The van der Waals surface area contributed by atoms with E-state index < -0.39 is 66.6 Å². The summed E-state index contributed by atoms with van der Waals surface area (Å²) in [7, 11) is 0. The summed E-state index contributed by atoms with van der Waals surface area (Å²) in [5.41, 5.74) is 3.04. The molecule has 0 spiro atoms. The molecule has 6 aromatic carbocycles. The number of hydrogen-bond acceptors (Lipinski definition) is 16. The Labute approximate surface area is 420 Å². The summed E-state index contributed by atoms with van der Waals surface area (Å²) < 4.78 is 67.4. The molecule has 16 heteroatoms. The number of carbonyl (C=O) groups is 4. The van der Waals surface area contributed by atoms with Crippen LogP contribution in [0.2, 0.25) is 0 Å². The highest BCUT2D eigenvalue weighted by Gasteiger charge is 2.53. The van der Waals surface area contributed by atoms with Crippen molar-refractivity contribution >= 4 is 34.8 Å². The van der Waals surface area contributed by atoms with Crippen LogP contribution in [-0.4, -0.2) is 61.2 Å². The van der Waals surface area contributed by atoms with Gasteiger partial charge in [0.15, 0.2) is 29.5 Å². The first kappa shape index (κ1) is 50.7. The molecule has 1 aliphatic heterocycles. The van der Waals surface area contributed by atoms with Crippen LogP contribution >= 0.6 is 0 Å². The predicted molar refractivity (Wildman–Crippen MR) is 264 cm³/mol. The van der Waals surface area contributed by atoms with Crippen molar-refractivity contribution in [1.29, 1.82) is 0 Å². The second kappa shape index (κ2) is 24.0. The van der Waals surface area contributed by atoms with Gasteiger partial charge in [-0.15, -0.1) is 0 Å². The summed E-state index contributed by atoms with van der Waals surface area (Å²) in [5.74, 6) is -2.67. The van der Waals surface area contributed by atoms with Gasteiger partial charge in [-0.05, 0) is 40.5 Å². The van der Waals surface area contributed by atoms with E-state index in [1.165, 1.54) is 12.1 Å². The van der Waals surface area contributed by atoms with Crippen LogP contribution in [0.15, 0.2) is 161 Å². The number of hydrogen-bond donors (Lipinski definition) is 0. The SMILES string of the molecule is CC(=O)OC[C@H]1O[C@@H](Oc2cc(OCc3ccccc3)cc3oc(-c4ccc(OCc5ccccc5)c(OCc5ccccc5)c4)c(OCc4ccccc4)c(=O)c23)[C@H](OC(C)=O)[C@@H](OC(C)=O)[C@H]1OC(C)=O. The van der Waals surface area contributed by atoms with Gasteiger partial charge < -0.3 is 51.8 Å². The van der Waals surface area contributed by atoms with Gasteiger partial charge in [-0.1, -0.05) is 121 Å². The van der Waals surface area contributed by atoms with Crippen molar-refractivity contribution in [2.45, 2.75) is 84.8 Å². The minimum atomic E-state index is -1.73. The van der Waals surface area contributed by atoms with Gasteiger partial charge in [-0.2, -0.15) is 0 Å². The number of carbonyl (C=O) groups excluding carboxylic acids is 4. The molecular weight excluding hydrogens is 941 g/mol. The van der Waals surface area contributed by atoms with Crippen molar-refractivity contribution in [3.63, 3.8) is 0 Å². The second-order valence-electron chi connectivity index (χ2n) is 16.8. The number of ether oxygens (including phenoxy) is 10. The molecule has 73 heavy (non-hydrogen) atoms. The number of esters is 4. The van der Waals surface area contributed by atoms with Crippen LogP contribution in [-0.2, 0) is 69.3 Å². The van der Waals surface area contributed by atoms with Gasteiger partial charge in [-0.3, -0.25) is 24.0 Å². The highest BCUT2D eigenvalue weighted by atomic mass is 16.7. The van der Waals surface area contributed by atoms with Gasteiger partial charge in [0.1, 0.15) is 61.6 Å². The average Bonchev–Trinajstić information content (AvgIpc) is 3.38. The maximum absolute atomic E-state index is 15.4. The molecule has 7 aromatic rings. The van der Waals surface area contributed by atoms with E-state index >= 15 is 4.79 Å². The zero-order valence-corrected chi connectivity index (χ0v) is 40.4. The lowest BCUT2D eigenvalue weighted by Gasteiger charge is -2.44. The van der Waals surface area contributed by atoms with Crippen LogP contribution in [0.4, 0.5) is 0 Å². The molecule has 0 unspecified atom stereocenters. The molecule has 16 nitrogen and oxygen atoms in total. The standard InChI is InChI=1S/C57H52O16/c1-35(58)63-34-49-53(68-36(2)59)55(69-37(3)60)56(70-38(4)61)57(73-49)72-48-29-44(64-30-39-17-9-5-10-18-39)28-47-50(48)51(62)54(67-33-42-23-15-8-16-24-42)52(71-47)43-25-26-45(65-31-40-19-11-6-12-20-40)46(27-43)66-32-41-21-13-7-14-22-41/h5-29,49,53,55-57H,30-34H2,1-4H3/t49-,53+,55+,56-,57-/m1/s1. The maximum atomic E-state index is 15.4. The Balaban J connectivity index is 1.29. The Morgan fingerprint density at radius 1 is 0.493 bits per heavy atom. The lowest BCUT2D eigenvalue weighted by molar-refractivity contribution is -0.288. The Hall–Kier alpha value is -8.63. The highest BCUT2D eigenvalue weighted by molar-refractivity contribution is 5.89. The Bertz CT molecular complexity index is 3070. The Morgan fingerprint density at radius 2 is 0.986 bits per heavy atom. The zero-order chi connectivity index (χ0) is 51.3. The normalized spacial score (nSPS) is 17.1. The van der Waals surface area contributed by atoms with Crippen LogP contribution in [0, 0.1) is 0 Å². The number of fused-ring (bicyclic) bond motifs is 1. The summed E-state index contributed by atoms with van der Waals surface area (Å²) in [6.45, 7) is 4.41. The third-order valence-corrected chi connectivity index (χ3v) is 11.2. The van der Waals surface area contributed by atoms with Crippen molar-refractivity contribution in [2.75, 3.05) is 6.61 Å². The van der Waals surface area contributed by atoms with E-state index in [1.54, 1.807) is 18.2 Å². The number of rotatable bonds is 20. The molecule has 8 rings (SSSR count). The lowest BCUT2D eigenvalue weighted by Crippen LogP contribution is -2.63. The molecule has 2 heterocycles. The molecule has 0 N–H and O–H groups in total. The van der Waals surface area contributed by atoms with E-state index in [1.807, 2.05) is 121 Å². The predicted octanol–water partition coefficient (Wildman–Crippen LogP) is 9.24. The van der Waals surface area contributed by atoms with Crippen molar-refractivity contribution in [3.8, 4) is 40.1 Å². The minimum absolute atomic E-state index is 0.0195. The summed E-state index contributed by atoms with van der Waals surface area (Å²) >= 11 is 0. The van der Waals surface area contributed by atoms with Crippen LogP contribution < -0.4 is 29.1 Å². The van der Waals surface area contributed by atoms with E-state index in [-0.39, 0.29) is 60.4 Å². The van der Waals surface area contributed by atoms with Gasteiger partial charge in [0.05, 0.1) is 0 Å². The molecule has 1 saturated heterocycles. The van der Waals surface area contributed by atoms with Gasteiger partial charge in [0.2, 0.25) is 23.6 Å². The molecule has 1 aromatic heterocycles. The summed E-state index contributed by atoms with van der Waals surface area (Å²) in [5, 5.41) is -0.157. The van der Waals surface area contributed by atoms with E-state index in [0.29, 0.717) is 17.1 Å². The number of benzene rings is 6. The third kappa shape index (κ3) is 13.4. The first-order valence-corrected chi connectivity index (χ1v) is 23.3. The fraction of sp³-hybridized carbons (Fsp3) is 0.246. The molecule has 0 saturated carbocycles. The fourth-order valence-electron chi connectivity index (χ4n) is 7.97. The van der Waals surface area contributed by atoms with Crippen molar-refractivity contribution in [2.24, 2.45) is 0 Å². The highest BCUT2D eigenvalue weighted by Crippen LogP contribution is 2.42. The molecule has 0 bridgehead atoms. The molecule has 0 radical (unpaired) electrons. The first-order chi connectivity index (χ1) is 35.4. The van der Waals surface area contributed by atoms with Crippen molar-refractivity contribution in [1.82, 2.24) is 0 Å². The first-order valence-electron chi connectivity index (χ1n) is 23.3. The lowest BCUT2D eigenvalue weighted by atomic mass is 9.98. The molecule has 376 valence electrons. The van der Waals surface area contributed by atoms with Crippen molar-refractivity contribution < 1.29 is 71.0 Å². The van der Waals surface area contributed by atoms with Gasteiger partial charge in [-0.25, -0.2) is 0 Å². The molecule has 1 fully saturated rings. The van der Waals surface area contributed by atoms with Gasteiger partial charge >= 0.3 is 23.9 Å². The molecule has 1 aliphatic rings. The van der Waals surface area contributed by atoms with E-state index in [0.717, 1.165) is 49.9 Å². The average molecular weight is 993 g/mol. The van der Waals surface area contributed by atoms with Crippen LogP contribution in [0.1, 0.15) is 49.9 Å². The molecular formula is C57H52O16. The van der Waals surface area contributed by atoms with E-state index in [9.17, 15) is 19.2 Å². The Morgan fingerprint density at radius 3 is 1.52 bits per heavy atom. The van der Waals surface area contributed by atoms with Crippen LogP contribution in [0.3, 0.4) is 0 Å².